The van der Waals surface area contributed by atoms with Gasteiger partial charge in [-0.1, -0.05) is 12.8 Å². The van der Waals surface area contributed by atoms with Crippen molar-refractivity contribution >= 4 is 5.69 Å². The molecule has 1 unspecified atom stereocenters. The number of halogens is 2. The Kier molecular flexibility index (Phi) is 4.33. The molecule has 1 atom stereocenters. The van der Waals surface area contributed by atoms with Gasteiger partial charge in [0.15, 0.2) is 11.6 Å². The van der Waals surface area contributed by atoms with Gasteiger partial charge in [0.25, 0.3) is 0 Å². The average Bonchev–Trinajstić information content (AvgIpc) is 2.91. The fraction of sp³-hybridized carbons (Fsp3) is 0.500. The van der Waals surface area contributed by atoms with Gasteiger partial charge in [-0.25, -0.2) is 8.78 Å². The molecule has 5 heteroatoms. The fourth-order valence-corrected chi connectivity index (χ4v) is 2.52. The number of benzene rings is 1. The zero-order chi connectivity index (χ0) is 13.8. The Morgan fingerprint density at radius 3 is 2.42 bits per heavy atom. The largest absolute Gasteiger partial charge is 0.391 e. The number of rotatable bonds is 4. The Morgan fingerprint density at radius 2 is 1.89 bits per heavy atom. The number of nitrogens with zero attached hydrogens (tertiary/aromatic N) is 1. The van der Waals surface area contributed by atoms with Crippen LogP contribution in [0, 0.1) is 28.9 Å². The highest BCUT2D eigenvalue weighted by Gasteiger charge is 2.23. The summed E-state index contributed by atoms with van der Waals surface area (Å²) in [5.41, 5.74) is -0.340. The number of anilines is 1. The van der Waals surface area contributed by atoms with Crippen molar-refractivity contribution in [3.05, 3.63) is 29.3 Å². The Balaban J connectivity index is 2.01. The van der Waals surface area contributed by atoms with E-state index in [0.29, 0.717) is 0 Å². The monoisotopic (exact) mass is 266 g/mol. The SMILES string of the molecule is N#Cc1cc(F)c(NCC(O)C2CCCC2)c(F)c1. The van der Waals surface area contributed by atoms with Crippen LogP contribution >= 0.6 is 0 Å². The molecule has 0 saturated heterocycles. The van der Waals surface area contributed by atoms with Crippen LogP contribution in [-0.4, -0.2) is 17.8 Å². The average molecular weight is 266 g/mol. The van der Waals surface area contributed by atoms with Gasteiger partial charge in [0.2, 0.25) is 0 Å². The van der Waals surface area contributed by atoms with E-state index in [1.54, 1.807) is 6.07 Å². The van der Waals surface area contributed by atoms with Crippen LogP contribution in [0.25, 0.3) is 0 Å². The smallest absolute Gasteiger partial charge is 0.150 e. The molecule has 0 amide bonds. The maximum atomic E-state index is 13.6. The van der Waals surface area contributed by atoms with Crippen molar-refractivity contribution in [2.24, 2.45) is 5.92 Å². The zero-order valence-electron chi connectivity index (χ0n) is 10.5. The third kappa shape index (κ3) is 3.21. The molecule has 0 radical (unpaired) electrons. The lowest BCUT2D eigenvalue weighted by Crippen LogP contribution is -2.27. The fourth-order valence-electron chi connectivity index (χ4n) is 2.52. The van der Waals surface area contributed by atoms with Crippen LogP contribution in [0.3, 0.4) is 0 Å². The first-order valence-corrected chi connectivity index (χ1v) is 6.43. The van der Waals surface area contributed by atoms with Crippen LogP contribution in [0.1, 0.15) is 31.2 Å². The molecule has 0 aliphatic heterocycles. The number of aliphatic hydroxyl groups is 1. The summed E-state index contributed by atoms with van der Waals surface area (Å²) >= 11 is 0. The maximum Gasteiger partial charge on any atom is 0.150 e. The van der Waals surface area contributed by atoms with Gasteiger partial charge in [-0.2, -0.15) is 5.26 Å². The minimum Gasteiger partial charge on any atom is -0.391 e. The second-order valence-corrected chi connectivity index (χ2v) is 4.92. The summed E-state index contributed by atoms with van der Waals surface area (Å²) in [7, 11) is 0. The molecule has 2 rings (SSSR count). The van der Waals surface area contributed by atoms with E-state index in [4.69, 9.17) is 5.26 Å². The van der Waals surface area contributed by atoms with Gasteiger partial charge in [0, 0.05) is 6.54 Å². The summed E-state index contributed by atoms with van der Waals surface area (Å²) in [5, 5.41) is 21.1. The van der Waals surface area contributed by atoms with Gasteiger partial charge in [0.05, 0.1) is 17.7 Å². The zero-order valence-corrected chi connectivity index (χ0v) is 10.5. The van der Waals surface area contributed by atoms with Crippen molar-refractivity contribution in [3.63, 3.8) is 0 Å². The number of aliphatic hydroxyl groups excluding tert-OH is 1. The molecule has 0 spiro atoms. The van der Waals surface area contributed by atoms with Gasteiger partial charge in [-0.05, 0) is 30.9 Å². The number of nitrogens with one attached hydrogen (secondary N) is 1. The molecule has 19 heavy (non-hydrogen) atoms. The van der Waals surface area contributed by atoms with Crippen LogP contribution in [0.2, 0.25) is 0 Å². The number of nitriles is 1. The van der Waals surface area contributed by atoms with E-state index in [-0.39, 0.29) is 23.7 Å². The van der Waals surface area contributed by atoms with Crippen molar-refractivity contribution in [1.82, 2.24) is 0 Å². The topological polar surface area (TPSA) is 56.0 Å². The molecule has 2 N–H and O–H groups in total. The van der Waals surface area contributed by atoms with Gasteiger partial charge in [0.1, 0.15) is 5.69 Å². The van der Waals surface area contributed by atoms with E-state index in [0.717, 1.165) is 37.8 Å². The van der Waals surface area contributed by atoms with Gasteiger partial charge in [-0.3, -0.25) is 0 Å². The Hall–Kier alpha value is -1.67. The van der Waals surface area contributed by atoms with Crippen molar-refractivity contribution in [3.8, 4) is 6.07 Å². The first-order chi connectivity index (χ1) is 9.11. The van der Waals surface area contributed by atoms with E-state index in [1.807, 2.05) is 0 Å². The van der Waals surface area contributed by atoms with Gasteiger partial charge in [-0.15, -0.1) is 0 Å². The number of hydrogen-bond acceptors (Lipinski definition) is 3. The van der Waals surface area contributed by atoms with E-state index in [9.17, 15) is 13.9 Å². The maximum absolute atomic E-state index is 13.6. The summed E-state index contributed by atoms with van der Waals surface area (Å²) in [6.45, 7) is 0.115. The van der Waals surface area contributed by atoms with Crippen molar-refractivity contribution in [1.29, 1.82) is 5.26 Å². The molecule has 1 fully saturated rings. The van der Waals surface area contributed by atoms with E-state index in [2.05, 4.69) is 5.32 Å². The predicted octanol–water partition coefficient (Wildman–Crippen LogP) is 2.80. The molecule has 1 saturated carbocycles. The lowest BCUT2D eigenvalue weighted by Gasteiger charge is -2.19. The molecule has 0 bridgehead atoms. The van der Waals surface area contributed by atoms with Crippen LogP contribution < -0.4 is 5.32 Å². The predicted molar refractivity (Wildman–Crippen MR) is 67.5 cm³/mol. The molecule has 0 heterocycles. The highest BCUT2D eigenvalue weighted by atomic mass is 19.1. The molecule has 1 aromatic carbocycles. The van der Waals surface area contributed by atoms with Crippen molar-refractivity contribution in [2.75, 3.05) is 11.9 Å². The first-order valence-electron chi connectivity index (χ1n) is 6.43. The molecular formula is C14H16F2N2O. The van der Waals surface area contributed by atoms with E-state index in [1.165, 1.54) is 0 Å². The molecule has 102 valence electrons. The lowest BCUT2D eigenvalue weighted by atomic mass is 10.0. The third-order valence-electron chi connectivity index (χ3n) is 3.60. The van der Waals surface area contributed by atoms with Crippen LogP contribution in [0.5, 0.6) is 0 Å². The van der Waals surface area contributed by atoms with Crippen molar-refractivity contribution in [2.45, 2.75) is 31.8 Å². The molecule has 3 nitrogen and oxygen atoms in total. The Morgan fingerprint density at radius 1 is 1.32 bits per heavy atom. The second-order valence-electron chi connectivity index (χ2n) is 4.92. The second kappa shape index (κ2) is 5.98. The highest BCUT2D eigenvalue weighted by molar-refractivity contribution is 5.50. The summed E-state index contributed by atoms with van der Waals surface area (Å²) in [5.74, 6) is -1.41. The van der Waals surface area contributed by atoms with Crippen LogP contribution in [0.4, 0.5) is 14.5 Å². The summed E-state index contributed by atoms with van der Waals surface area (Å²) in [6.07, 6.45) is 3.52. The summed E-state index contributed by atoms with van der Waals surface area (Å²) < 4.78 is 27.2. The minimum atomic E-state index is -0.810. The summed E-state index contributed by atoms with van der Waals surface area (Å²) in [4.78, 5) is 0. The minimum absolute atomic E-state index is 0.0584. The van der Waals surface area contributed by atoms with Crippen LogP contribution in [-0.2, 0) is 0 Å². The Bertz CT molecular complexity index is 470. The van der Waals surface area contributed by atoms with Gasteiger partial charge < -0.3 is 10.4 Å². The molecule has 1 aromatic rings. The normalized spacial score (nSPS) is 17.2. The van der Waals surface area contributed by atoms with Gasteiger partial charge >= 0.3 is 0 Å². The third-order valence-corrected chi connectivity index (χ3v) is 3.60. The first kappa shape index (κ1) is 13.8. The van der Waals surface area contributed by atoms with Crippen molar-refractivity contribution < 1.29 is 13.9 Å². The quantitative estimate of drug-likeness (QED) is 0.881. The Labute approximate surface area is 110 Å². The highest BCUT2D eigenvalue weighted by Crippen LogP contribution is 2.28. The van der Waals surface area contributed by atoms with E-state index < -0.39 is 17.7 Å². The molecule has 1 aliphatic carbocycles. The number of hydrogen-bond donors (Lipinski definition) is 2. The van der Waals surface area contributed by atoms with Crippen LogP contribution in [0.15, 0.2) is 12.1 Å². The summed E-state index contributed by atoms with van der Waals surface area (Å²) in [6, 6.07) is 3.65. The standard InChI is InChI=1S/C14H16F2N2O/c15-11-5-9(7-17)6-12(16)14(11)18-8-13(19)10-3-1-2-4-10/h5-6,10,13,18-19H,1-4,8H2. The lowest BCUT2D eigenvalue weighted by molar-refractivity contribution is 0.122. The molecule has 1 aliphatic rings. The molecule has 0 aromatic heterocycles. The van der Waals surface area contributed by atoms with E-state index >= 15 is 0 Å². The molecular weight excluding hydrogens is 250 g/mol.